The van der Waals surface area contributed by atoms with Crippen molar-refractivity contribution in [3.05, 3.63) is 52.8 Å². The lowest BCUT2D eigenvalue weighted by Gasteiger charge is -2.39. The smallest absolute Gasteiger partial charge is 0.429 e. The zero-order chi connectivity index (χ0) is 31.5. The minimum Gasteiger partial charge on any atom is -0.465 e. The first kappa shape index (κ1) is 31.8. The number of unbranched alkanes of at least 4 members (excludes halogenated alkanes) is 2. The molecule has 2 atom stereocenters. The van der Waals surface area contributed by atoms with Crippen molar-refractivity contribution in [3.8, 4) is 11.6 Å². The molecule has 44 heavy (non-hydrogen) atoms. The highest BCUT2D eigenvalue weighted by Gasteiger charge is 2.46. The molecule has 0 radical (unpaired) electrons. The Morgan fingerprint density at radius 3 is 2.66 bits per heavy atom. The molecule has 2 saturated heterocycles. The molecular formula is C30H37ClF3N7O3. The normalized spacial score (nSPS) is 18.9. The molecule has 0 unspecified atom stereocenters. The van der Waals surface area contributed by atoms with E-state index in [1.165, 1.54) is 28.9 Å². The number of nitrogens with one attached hydrogen (secondary N) is 1. The molecule has 0 amide bonds. The van der Waals surface area contributed by atoms with E-state index in [1.807, 2.05) is 4.90 Å². The first-order valence-electron chi connectivity index (χ1n) is 14.8. The van der Waals surface area contributed by atoms with E-state index in [0.29, 0.717) is 44.2 Å². The Hall–Kier alpha value is -3.58. The number of halogens is 4. The third-order valence-corrected chi connectivity index (χ3v) is 8.51. The maximum atomic E-state index is 14.5. The van der Waals surface area contributed by atoms with Gasteiger partial charge in [0.25, 0.3) is 0 Å². The van der Waals surface area contributed by atoms with Crippen LogP contribution in [0, 0.1) is 12.3 Å². The fourth-order valence-corrected chi connectivity index (χ4v) is 6.03. The molecule has 4 heterocycles. The van der Waals surface area contributed by atoms with Crippen molar-refractivity contribution in [2.24, 2.45) is 5.41 Å². The second-order valence-electron chi connectivity index (χ2n) is 11.6. The molecule has 238 valence electrons. The first-order valence-corrected chi connectivity index (χ1v) is 15.2. The summed E-state index contributed by atoms with van der Waals surface area (Å²) in [5, 5.41) is 7.84. The molecule has 2 aliphatic rings. The first-order chi connectivity index (χ1) is 21.0. The van der Waals surface area contributed by atoms with Crippen LogP contribution in [0.5, 0.6) is 5.88 Å². The highest BCUT2D eigenvalue weighted by molar-refractivity contribution is 6.30. The number of aromatic nitrogens is 4. The van der Waals surface area contributed by atoms with Crippen LogP contribution < -0.4 is 20.7 Å². The summed E-state index contributed by atoms with van der Waals surface area (Å²) >= 11 is 6.15. The van der Waals surface area contributed by atoms with Crippen molar-refractivity contribution in [1.29, 1.82) is 0 Å². The van der Waals surface area contributed by atoms with E-state index in [0.717, 1.165) is 32.1 Å². The van der Waals surface area contributed by atoms with Crippen LogP contribution in [0.4, 0.5) is 24.9 Å². The molecule has 0 aliphatic carbocycles. The summed E-state index contributed by atoms with van der Waals surface area (Å²) in [4.78, 5) is 22.8. The molecule has 5 rings (SSSR count). The number of ether oxygens (including phenoxy) is 2. The van der Waals surface area contributed by atoms with Gasteiger partial charge in [0.05, 0.1) is 18.0 Å². The number of alkyl halides is 3. The van der Waals surface area contributed by atoms with Crippen LogP contribution in [0.2, 0.25) is 5.02 Å². The fraction of sp³-hybridized carbons (Fsp3) is 0.533. The molecule has 0 saturated carbocycles. The molecule has 14 heteroatoms. The van der Waals surface area contributed by atoms with Gasteiger partial charge in [-0.15, -0.1) is 0 Å². The number of aryl methyl sites for hydroxylation is 1. The number of nitrogens with two attached hydrogens (primary N) is 1. The zero-order valence-electron chi connectivity index (χ0n) is 24.7. The average Bonchev–Trinajstić information content (AvgIpc) is 3.60. The van der Waals surface area contributed by atoms with E-state index in [2.05, 4.69) is 27.3 Å². The van der Waals surface area contributed by atoms with E-state index < -0.39 is 12.3 Å². The van der Waals surface area contributed by atoms with Crippen LogP contribution in [-0.2, 0) is 9.53 Å². The summed E-state index contributed by atoms with van der Waals surface area (Å²) in [6.45, 7) is 6.12. The molecule has 10 nitrogen and oxygen atoms in total. The fourth-order valence-electron chi connectivity index (χ4n) is 5.87. The van der Waals surface area contributed by atoms with Crippen molar-refractivity contribution in [2.45, 2.75) is 70.7 Å². The molecule has 2 fully saturated rings. The van der Waals surface area contributed by atoms with Gasteiger partial charge in [-0.3, -0.25) is 4.79 Å². The number of nitrogen functional groups attached to an aromatic ring is 1. The second-order valence-corrected chi connectivity index (χ2v) is 12.0. The van der Waals surface area contributed by atoms with Crippen LogP contribution >= 0.6 is 11.6 Å². The zero-order valence-corrected chi connectivity index (χ0v) is 25.5. The van der Waals surface area contributed by atoms with Gasteiger partial charge in [-0.2, -0.15) is 28.2 Å². The molecule has 2 aromatic heterocycles. The van der Waals surface area contributed by atoms with Crippen molar-refractivity contribution in [2.75, 3.05) is 36.9 Å². The van der Waals surface area contributed by atoms with Gasteiger partial charge in [-0.25, -0.2) is 4.68 Å². The largest absolute Gasteiger partial charge is 0.465 e. The number of hydrogen-bond acceptors (Lipinski definition) is 9. The third kappa shape index (κ3) is 7.37. The quantitative estimate of drug-likeness (QED) is 0.218. The van der Waals surface area contributed by atoms with Gasteiger partial charge in [0.15, 0.2) is 0 Å². The predicted octanol–water partition coefficient (Wildman–Crippen LogP) is 5.57. The van der Waals surface area contributed by atoms with Gasteiger partial charge in [0.1, 0.15) is 11.9 Å². The highest BCUT2D eigenvalue weighted by atomic mass is 35.5. The van der Waals surface area contributed by atoms with Crippen LogP contribution in [0.25, 0.3) is 5.69 Å². The lowest BCUT2D eigenvalue weighted by Crippen LogP contribution is -2.41. The van der Waals surface area contributed by atoms with Crippen LogP contribution in [0.1, 0.15) is 62.8 Å². The van der Waals surface area contributed by atoms with E-state index >= 15 is 0 Å². The van der Waals surface area contributed by atoms with Gasteiger partial charge in [0, 0.05) is 42.5 Å². The Labute approximate surface area is 259 Å². The lowest BCUT2D eigenvalue weighted by atomic mass is 9.76. The number of anilines is 2. The molecule has 1 spiro atoms. The minimum absolute atomic E-state index is 0.0707. The summed E-state index contributed by atoms with van der Waals surface area (Å²) in [5.41, 5.74) is 6.46. The number of carbonyl (C=O) groups excluding carboxylic acids is 1. The van der Waals surface area contributed by atoms with Gasteiger partial charge in [-0.1, -0.05) is 37.4 Å². The molecular weight excluding hydrogens is 599 g/mol. The Morgan fingerprint density at radius 2 is 1.98 bits per heavy atom. The number of piperidine rings is 1. The van der Waals surface area contributed by atoms with Crippen molar-refractivity contribution < 1.29 is 27.4 Å². The average molecular weight is 636 g/mol. The maximum Gasteiger partial charge on any atom is 0.429 e. The number of carbonyl (C=O) groups is 1. The number of esters is 1. The van der Waals surface area contributed by atoms with E-state index in [1.54, 1.807) is 19.2 Å². The topological polar surface area (TPSA) is 120 Å². The summed E-state index contributed by atoms with van der Waals surface area (Å²) in [7, 11) is 0. The van der Waals surface area contributed by atoms with E-state index in [-0.39, 0.29) is 45.5 Å². The molecule has 0 bridgehead atoms. The summed E-state index contributed by atoms with van der Waals surface area (Å²) < 4.78 is 55.8. The summed E-state index contributed by atoms with van der Waals surface area (Å²) in [5.74, 6) is -0.344. The highest BCUT2D eigenvalue weighted by Crippen LogP contribution is 2.42. The van der Waals surface area contributed by atoms with E-state index in [9.17, 15) is 18.0 Å². The van der Waals surface area contributed by atoms with Crippen molar-refractivity contribution in [3.63, 3.8) is 0 Å². The van der Waals surface area contributed by atoms with Crippen LogP contribution in [-0.4, -0.2) is 64.2 Å². The van der Waals surface area contributed by atoms with Crippen molar-refractivity contribution in [1.82, 2.24) is 25.1 Å². The maximum absolute atomic E-state index is 14.5. The Bertz CT molecular complexity index is 1460. The van der Waals surface area contributed by atoms with Crippen molar-refractivity contribution >= 4 is 29.3 Å². The van der Waals surface area contributed by atoms with Gasteiger partial charge in [-0.05, 0) is 56.2 Å². The Kier molecular flexibility index (Phi) is 9.54. The van der Waals surface area contributed by atoms with Crippen LogP contribution in [0.3, 0.4) is 0 Å². The minimum atomic E-state index is -4.80. The standard InChI is InChI=1S/C30H37ClF3N7O3/c1-3-4-5-14-43-27(42)22-17-29(18-36-22)9-12-40(13-10-29)24-16-25(38-28(35)37-24)44-26(30(32,33)34)21-7-6-20(31)15-23(21)41-11-8-19(2)39-41/h6-8,11,15-16,22,26,36H,3-5,9-10,12-14,17-18H2,1-2H3,(H2,35,37,38)/t22-,26+/m0/s1. The van der Waals surface area contributed by atoms with Gasteiger partial charge in [0.2, 0.25) is 17.9 Å². The molecule has 3 aromatic rings. The summed E-state index contributed by atoms with van der Waals surface area (Å²) in [6, 6.07) is 6.77. The van der Waals surface area contributed by atoms with E-state index in [4.69, 9.17) is 26.8 Å². The third-order valence-electron chi connectivity index (χ3n) is 8.27. The predicted molar refractivity (Wildman–Crippen MR) is 160 cm³/mol. The molecule has 3 N–H and O–H groups in total. The number of rotatable bonds is 10. The van der Waals surface area contributed by atoms with Gasteiger partial charge >= 0.3 is 12.1 Å². The monoisotopic (exact) mass is 635 g/mol. The second kappa shape index (κ2) is 13.2. The van der Waals surface area contributed by atoms with Crippen LogP contribution in [0.15, 0.2) is 36.5 Å². The molecule has 2 aliphatic heterocycles. The Balaban J connectivity index is 1.29. The number of hydrogen-bond donors (Lipinski definition) is 2. The SMILES string of the molecule is CCCCCOC(=O)[C@@H]1CC2(CCN(c3cc(O[C@H](c4ccc(Cl)cc4-n4ccc(C)n4)C(F)(F)F)nc(N)n3)CC2)CN1. The Morgan fingerprint density at radius 1 is 1.20 bits per heavy atom. The summed E-state index contributed by atoms with van der Waals surface area (Å²) in [6.07, 6.45) is -0.472. The number of benzene rings is 1. The lowest BCUT2D eigenvalue weighted by molar-refractivity contribution is -0.198. The van der Waals surface area contributed by atoms with Gasteiger partial charge < -0.3 is 25.4 Å². The number of nitrogens with zero attached hydrogens (tertiary/aromatic N) is 5. The molecule has 1 aromatic carbocycles.